The van der Waals surface area contributed by atoms with Crippen molar-refractivity contribution in [2.45, 2.75) is 83.5 Å². The van der Waals surface area contributed by atoms with Crippen LogP contribution in [0.15, 0.2) is 12.4 Å². The van der Waals surface area contributed by atoms with E-state index in [1.165, 1.54) is 7.11 Å². The second-order valence-electron chi connectivity index (χ2n) is 12.1. The van der Waals surface area contributed by atoms with Crippen molar-refractivity contribution in [3.63, 3.8) is 0 Å². The van der Waals surface area contributed by atoms with Crippen LogP contribution in [0.25, 0.3) is 0 Å². The number of amides is 3. The van der Waals surface area contributed by atoms with Gasteiger partial charge in [0.1, 0.15) is 23.8 Å². The van der Waals surface area contributed by atoms with E-state index < -0.39 is 18.2 Å². The van der Waals surface area contributed by atoms with E-state index in [1.807, 2.05) is 24.2 Å². The van der Waals surface area contributed by atoms with Crippen LogP contribution in [0.4, 0.5) is 4.79 Å². The molecule has 2 fully saturated rings. The number of aromatic nitrogens is 4. The molecule has 2 aromatic heterocycles. The van der Waals surface area contributed by atoms with Gasteiger partial charge in [0.15, 0.2) is 0 Å². The van der Waals surface area contributed by atoms with Crippen LogP contribution < -0.4 is 5.32 Å². The molecule has 0 radical (unpaired) electrons. The van der Waals surface area contributed by atoms with E-state index in [2.05, 4.69) is 29.1 Å². The Kier molecular flexibility index (Phi) is 10.0. The topological polar surface area (TPSA) is 155 Å². The molecule has 5 rings (SSSR count). The molecule has 2 bridgehead atoms. The Morgan fingerprint density at radius 2 is 1.63 bits per heavy atom. The Morgan fingerprint density at radius 3 is 2.33 bits per heavy atom. The minimum Gasteiger partial charge on any atom is -0.453 e. The molecular formula is C30H45N7O6. The first-order chi connectivity index (χ1) is 20.8. The fourth-order valence-corrected chi connectivity index (χ4v) is 6.10. The van der Waals surface area contributed by atoms with Crippen molar-refractivity contribution >= 4 is 17.9 Å². The normalized spacial score (nSPS) is 26.1. The van der Waals surface area contributed by atoms with Crippen LogP contribution in [0.1, 0.15) is 101 Å². The SMILES string of the molecule is COC(=O)N[C@H]1COCCCCOC(c2c[nH]c([C@@H]3CCCN3C(=O)[C@@H](C)C(C)C)n2)c2c[nH]c(n2)[C@@H]2CCCN2C1=O. The largest absolute Gasteiger partial charge is 0.453 e. The smallest absolute Gasteiger partial charge is 0.407 e. The molecule has 0 aromatic carbocycles. The summed E-state index contributed by atoms with van der Waals surface area (Å²) in [5.74, 6) is 1.57. The predicted octanol–water partition coefficient (Wildman–Crippen LogP) is 3.39. The molecule has 236 valence electrons. The maximum Gasteiger partial charge on any atom is 0.407 e. The maximum atomic E-state index is 13.6. The summed E-state index contributed by atoms with van der Waals surface area (Å²) in [5.41, 5.74) is 1.38. The monoisotopic (exact) mass is 599 g/mol. The number of imidazole rings is 2. The summed E-state index contributed by atoms with van der Waals surface area (Å²) in [5, 5.41) is 2.63. The third-order valence-electron chi connectivity index (χ3n) is 8.89. The summed E-state index contributed by atoms with van der Waals surface area (Å²) in [6.07, 6.45) is 7.26. The van der Waals surface area contributed by atoms with Gasteiger partial charge in [-0.05, 0) is 44.4 Å². The highest BCUT2D eigenvalue weighted by atomic mass is 16.5. The number of ether oxygens (including phenoxy) is 3. The molecule has 0 aliphatic carbocycles. The highest BCUT2D eigenvalue weighted by molar-refractivity contribution is 5.86. The van der Waals surface area contributed by atoms with E-state index in [0.717, 1.165) is 44.5 Å². The van der Waals surface area contributed by atoms with Crippen molar-refractivity contribution in [2.75, 3.05) is 40.0 Å². The Hall–Kier alpha value is -3.45. The quantitative estimate of drug-likeness (QED) is 0.473. The van der Waals surface area contributed by atoms with Gasteiger partial charge in [0.05, 0.1) is 37.2 Å². The first-order valence-electron chi connectivity index (χ1n) is 15.5. The van der Waals surface area contributed by atoms with Crippen molar-refractivity contribution in [1.29, 1.82) is 0 Å². The summed E-state index contributed by atoms with van der Waals surface area (Å²) in [7, 11) is 1.27. The maximum absolute atomic E-state index is 13.6. The first-order valence-corrected chi connectivity index (χ1v) is 15.5. The summed E-state index contributed by atoms with van der Waals surface area (Å²) < 4.78 is 16.9. The van der Waals surface area contributed by atoms with Crippen molar-refractivity contribution in [3.8, 4) is 0 Å². The van der Waals surface area contributed by atoms with Gasteiger partial charge < -0.3 is 39.3 Å². The summed E-state index contributed by atoms with van der Waals surface area (Å²) in [4.78, 5) is 59.0. The van der Waals surface area contributed by atoms with Crippen molar-refractivity contribution in [1.82, 2.24) is 35.1 Å². The van der Waals surface area contributed by atoms with E-state index in [9.17, 15) is 14.4 Å². The number of hydrogen-bond acceptors (Lipinski definition) is 8. The van der Waals surface area contributed by atoms with E-state index in [0.29, 0.717) is 43.4 Å². The lowest BCUT2D eigenvalue weighted by molar-refractivity contribution is -0.137. The van der Waals surface area contributed by atoms with E-state index >= 15 is 0 Å². The Balaban J connectivity index is 1.39. The van der Waals surface area contributed by atoms with E-state index in [-0.39, 0.29) is 42.3 Å². The Bertz CT molecular complexity index is 1260. The number of aromatic amines is 2. The Labute approximate surface area is 252 Å². The van der Waals surface area contributed by atoms with Gasteiger partial charge in [0, 0.05) is 44.6 Å². The van der Waals surface area contributed by atoms with Crippen molar-refractivity contribution in [2.24, 2.45) is 11.8 Å². The number of methoxy groups -OCH3 is 1. The average Bonchev–Trinajstić information content (AvgIpc) is 3.82. The lowest BCUT2D eigenvalue weighted by atomic mass is 9.96. The molecule has 13 heteroatoms. The highest BCUT2D eigenvalue weighted by Crippen LogP contribution is 2.36. The first kappa shape index (κ1) is 31.0. The molecule has 43 heavy (non-hydrogen) atoms. The highest BCUT2D eigenvalue weighted by Gasteiger charge is 2.38. The number of rotatable bonds is 5. The molecule has 3 aliphatic rings. The number of nitrogens with one attached hydrogen (secondary N) is 3. The number of carbonyl (C=O) groups excluding carboxylic acids is 3. The Morgan fingerprint density at radius 1 is 0.977 bits per heavy atom. The number of H-pyrrole nitrogens is 2. The molecule has 3 aliphatic heterocycles. The lowest BCUT2D eigenvalue weighted by Gasteiger charge is -2.28. The number of alkyl carbamates (subject to hydrolysis) is 1. The number of likely N-dealkylation sites (tertiary alicyclic amines) is 1. The molecule has 1 unspecified atom stereocenters. The standard InChI is InChI=1S/C30H45N7O6/c1-18(2)19(3)28(38)36-11-7-9-23(36)26-31-15-20(33-26)25-21-16-32-27(34-21)24-10-8-12-37(24)29(39)22(35-30(40)41-4)17-42-13-5-6-14-43-25/h15-16,18-19,22-25H,5-14,17H2,1-4H3,(H,31,33)(H,32,34)(H,35,40)/t19-,22-,23-,24-,25?/m0/s1. The van der Waals surface area contributed by atoms with Gasteiger partial charge in [-0.1, -0.05) is 20.8 Å². The number of nitrogens with zero attached hydrogens (tertiary/aromatic N) is 4. The number of carbonyl (C=O) groups is 3. The molecule has 2 aromatic rings. The molecule has 3 N–H and O–H groups in total. The summed E-state index contributed by atoms with van der Waals surface area (Å²) in [6, 6.07) is -1.23. The van der Waals surface area contributed by atoms with Crippen LogP contribution in [0, 0.1) is 11.8 Å². The van der Waals surface area contributed by atoms with Crippen LogP contribution in [-0.2, 0) is 23.8 Å². The second kappa shape index (κ2) is 13.9. The molecule has 5 heterocycles. The predicted molar refractivity (Wildman–Crippen MR) is 156 cm³/mol. The number of hydrogen-bond donors (Lipinski definition) is 3. The van der Waals surface area contributed by atoms with Crippen LogP contribution in [0.3, 0.4) is 0 Å². The van der Waals surface area contributed by atoms with Crippen LogP contribution in [-0.4, -0.2) is 93.7 Å². The van der Waals surface area contributed by atoms with Crippen LogP contribution in [0.2, 0.25) is 0 Å². The molecule has 5 atom stereocenters. The zero-order valence-electron chi connectivity index (χ0n) is 25.6. The van der Waals surface area contributed by atoms with Gasteiger partial charge in [-0.15, -0.1) is 0 Å². The number of fused-ring (bicyclic) bond motifs is 4. The third-order valence-corrected chi connectivity index (χ3v) is 8.89. The molecular weight excluding hydrogens is 554 g/mol. The lowest BCUT2D eigenvalue weighted by Crippen LogP contribution is -2.50. The molecule has 0 spiro atoms. The molecule has 13 nitrogen and oxygen atoms in total. The third kappa shape index (κ3) is 6.87. The van der Waals surface area contributed by atoms with Gasteiger partial charge in [0.2, 0.25) is 11.8 Å². The van der Waals surface area contributed by atoms with Crippen LogP contribution in [0.5, 0.6) is 0 Å². The van der Waals surface area contributed by atoms with Gasteiger partial charge in [-0.25, -0.2) is 14.8 Å². The zero-order chi connectivity index (χ0) is 30.5. The molecule has 3 amide bonds. The summed E-state index contributed by atoms with van der Waals surface area (Å²) in [6.45, 7) is 8.36. The average molecular weight is 600 g/mol. The van der Waals surface area contributed by atoms with Crippen LogP contribution >= 0.6 is 0 Å². The second-order valence-corrected chi connectivity index (χ2v) is 12.1. The van der Waals surface area contributed by atoms with Gasteiger partial charge in [-0.3, -0.25) is 9.59 Å². The summed E-state index contributed by atoms with van der Waals surface area (Å²) >= 11 is 0. The van der Waals surface area contributed by atoms with Gasteiger partial charge in [-0.2, -0.15) is 0 Å². The van der Waals surface area contributed by atoms with Gasteiger partial charge >= 0.3 is 6.09 Å². The van der Waals surface area contributed by atoms with Crippen molar-refractivity contribution in [3.05, 3.63) is 35.4 Å². The zero-order valence-corrected chi connectivity index (χ0v) is 25.6. The van der Waals surface area contributed by atoms with Gasteiger partial charge in [0.25, 0.3) is 0 Å². The fourth-order valence-electron chi connectivity index (χ4n) is 6.10. The molecule has 2 saturated heterocycles. The van der Waals surface area contributed by atoms with Crippen molar-refractivity contribution < 1.29 is 28.6 Å². The minimum atomic E-state index is -0.857. The molecule has 0 saturated carbocycles. The fraction of sp³-hybridized carbons (Fsp3) is 0.700. The van der Waals surface area contributed by atoms with E-state index in [4.69, 9.17) is 24.2 Å². The van der Waals surface area contributed by atoms with E-state index in [1.54, 1.807) is 4.90 Å². The minimum absolute atomic E-state index is 0.0523.